The van der Waals surface area contributed by atoms with Gasteiger partial charge in [0.25, 0.3) is 0 Å². The molecule has 0 spiro atoms. The van der Waals surface area contributed by atoms with Crippen LogP contribution < -0.4 is 10.6 Å². The van der Waals surface area contributed by atoms with Gasteiger partial charge in [-0.2, -0.15) is 0 Å². The van der Waals surface area contributed by atoms with Gasteiger partial charge in [-0.1, -0.05) is 24.3 Å². The zero-order valence-electron chi connectivity index (χ0n) is 10.7. The molecule has 2 rings (SSSR count). The highest BCUT2D eigenvalue weighted by atomic mass is 16.3. The minimum Gasteiger partial charge on any atom is -0.389 e. The van der Waals surface area contributed by atoms with Gasteiger partial charge in [-0.15, -0.1) is 0 Å². The van der Waals surface area contributed by atoms with E-state index in [4.69, 9.17) is 0 Å². The predicted octanol–water partition coefficient (Wildman–Crippen LogP) is 1.58. The summed E-state index contributed by atoms with van der Waals surface area (Å²) in [5.74, 6) is 0. The first-order chi connectivity index (χ1) is 8.06. The van der Waals surface area contributed by atoms with Crippen molar-refractivity contribution in [2.45, 2.75) is 38.5 Å². The molecule has 1 unspecified atom stereocenters. The first kappa shape index (κ1) is 12.6. The number of nitrogens with one attached hydrogen (secondary N) is 2. The maximum absolute atomic E-state index is 9.79. The Morgan fingerprint density at radius 3 is 2.94 bits per heavy atom. The first-order valence-electron chi connectivity index (χ1n) is 6.30. The third-order valence-corrected chi connectivity index (χ3v) is 3.14. The zero-order chi connectivity index (χ0) is 12.3. The number of benzene rings is 1. The van der Waals surface area contributed by atoms with Crippen LogP contribution in [0.5, 0.6) is 0 Å². The highest BCUT2D eigenvalue weighted by molar-refractivity contribution is 5.31. The van der Waals surface area contributed by atoms with Crippen LogP contribution in [0, 0.1) is 0 Å². The second-order valence-electron chi connectivity index (χ2n) is 5.41. The summed E-state index contributed by atoms with van der Waals surface area (Å²) in [5, 5.41) is 16.7. The minimum absolute atomic E-state index is 0.340. The second-order valence-corrected chi connectivity index (χ2v) is 5.41. The lowest BCUT2D eigenvalue weighted by molar-refractivity contribution is 0.0761. The molecule has 0 aromatic heterocycles. The quantitative estimate of drug-likeness (QED) is 0.744. The molecule has 1 aliphatic rings. The molecular weight excluding hydrogens is 212 g/mol. The molecule has 0 radical (unpaired) electrons. The van der Waals surface area contributed by atoms with Crippen molar-refractivity contribution in [3.8, 4) is 0 Å². The molecule has 0 aliphatic carbocycles. The van der Waals surface area contributed by atoms with Gasteiger partial charge in [0.15, 0.2) is 0 Å². The number of rotatable bonds is 3. The van der Waals surface area contributed by atoms with Gasteiger partial charge in [-0.25, -0.2) is 0 Å². The van der Waals surface area contributed by atoms with Crippen molar-refractivity contribution in [3.63, 3.8) is 0 Å². The molecular formula is C14H22N2O. The molecule has 3 N–H and O–H groups in total. The molecule has 1 atom stereocenters. The van der Waals surface area contributed by atoms with E-state index in [1.54, 1.807) is 0 Å². The monoisotopic (exact) mass is 234 g/mol. The van der Waals surface area contributed by atoms with E-state index in [-0.39, 0.29) is 0 Å². The summed E-state index contributed by atoms with van der Waals surface area (Å²) in [7, 11) is 0. The fourth-order valence-electron chi connectivity index (χ4n) is 2.25. The Labute approximate surface area is 103 Å². The minimum atomic E-state index is -0.658. The number of hydrogen-bond donors (Lipinski definition) is 3. The van der Waals surface area contributed by atoms with Gasteiger partial charge < -0.3 is 15.7 Å². The van der Waals surface area contributed by atoms with Gasteiger partial charge in [0.2, 0.25) is 0 Å². The summed E-state index contributed by atoms with van der Waals surface area (Å²) in [4.78, 5) is 0. The fraction of sp³-hybridized carbons (Fsp3) is 0.571. The Hall–Kier alpha value is -0.900. The molecule has 0 fully saturated rings. The van der Waals surface area contributed by atoms with E-state index in [1.807, 2.05) is 13.8 Å². The van der Waals surface area contributed by atoms with Crippen LogP contribution in [0.15, 0.2) is 24.3 Å². The highest BCUT2D eigenvalue weighted by Crippen LogP contribution is 2.23. The van der Waals surface area contributed by atoms with E-state index in [0.29, 0.717) is 12.6 Å². The Balaban J connectivity index is 2.12. The molecule has 17 heavy (non-hydrogen) atoms. The lowest BCUT2D eigenvalue weighted by Gasteiger charge is -2.24. The fourth-order valence-corrected chi connectivity index (χ4v) is 2.25. The molecule has 94 valence electrons. The van der Waals surface area contributed by atoms with Crippen molar-refractivity contribution in [1.82, 2.24) is 10.6 Å². The van der Waals surface area contributed by atoms with E-state index < -0.39 is 5.60 Å². The van der Waals surface area contributed by atoms with Gasteiger partial charge in [-0.3, -0.25) is 0 Å². The normalized spacial score (nSPS) is 20.8. The van der Waals surface area contributed by atoms with E-state index in [2.05, 4.69) is 34.9 Å². The van der Waals surface area contributed by atoms with Crippen molar-refractivity contribution >= 4 is 0 Å². The SMILES string of the molecule is CC(C)(O)CNC1CCNCc2ccccc21. The van der Waals surface area contributed by atoms with E-state index in [9.17, 15) is 5.11 Å². The number of aliphatic hydroxyl groups is 1. The molecule has 1 aliphatic heterocycles. The molecule has 0 saturated heterocycles. The van der Waals surface area contributed by atoms with Crippen molar-refractivity contribution in [3.05, 3.63) is 35.4 Å². The van der Waals surface area contributed by atoms with E-state index in [0.717, 1.165) is 19.5 Å². The summed E-state index contributed by atoms with van der Waals surface area (Å²) in [6.07, 6.45) is 1.06. The van der Waals surface area contributed by atoms with Crippen LogP contribution in [-0.4, -0.2) is 23.8 Å². The predicted molar refractivity (Wildman–Crippen MR) is 69.8 cm³/mol. The van der Waals surface area contributed by atoms with Crippen molar-refractivity contribution in [2.24, 2.45) is 0 Å². The number of fused-ring (bicyclic) bond motifs is 1. The Bertz CT molecular complexity index is 371. The molecule has 3 nitrogen and oxygen atoms in total. The maximum atomic E-state index is 9.79. The molecule has 0 saturated carbocycles. The summed E-state index contributed by atoms with van der Waals surface area (Å²) >= 11 is 0. The standard InChI is InChI=1S/C14H22N2O/c1-14(2,17)10-16-13-7-8-15-9-11-5-3-4-6-12(11)13/h3-6,13,15-17H,7-10H2,1-2H3. The Morgan fingerprint density at radius 1 is 1.41 bits per heavy atom. The third kappa shape index (κ3) is 3.53. The van der Waals surface area contributed by atoms with Gasteiger partial charge in [0, 0.05) is 19.1 Å². The van der Waals surface area contributed by atoms with Crippen LogP contribution in [0.4, 0.5) is 0 Å². The van der Waals surface area contributed by atoms with Crippen LogP contribution in [0.25, 0.3) is 0 Å². The highest BCUT2D eigenvalue weighted by Gasteiger charge is 2.20. The molecule has 0 bridgehead atoms. The third-order valence-electron chi connectivity index (χ3n) is 3.14. The van der Waals surface area contributed by atoms with Crippen molar-refractivity contribution in [2.75, 3.05) is 13.1 Å². The van der Waals surface area contributed by atoms with E-state index >= 15 is 0 Å². The average Bonchev–Trinajstić information content (AvgIpc) is 2.47. The van der Waals surface area contributed by atoms with Crippen LogP contribution in [0.2, 0.25) is 0 Å². The lowest BCUT2D eigenvalue weighted by Crippen LogP contribution is -2.37. The summed E-state index contributed by atoms with van der Waals surface area (Å²) in [6, 6.07) is 8.87. The smallest absolute Gasteiger partial charge is 0.0715 e. The molecule has 0 amide bonds. The summed E-state index contributed by atoms with van der Waals surface area (Å²) < 4.78 is 0. The summed E-state index contributed by atoms with van der Waals surface area (Å²) in [6.45, 7) is 6.24. The zero-order valence-corrected chi connectivity index (χ0v) is 10.7. The Kier molecular flexibility index (Phi) is 3.82. The lowest BCUT2D eigenvalue weighted by atomic mass is 9.98. The van der Waals surface area contributed by atoms with Crippen LogP contribution in [-0.2, 0) is 6.54 Å². The van der Waals surface area contributed by atoms with Crippen LogP contribution >= 0.6 is 0 Å². The van der Waals surface area contributed by atoms with E-state index in [1.165, 1.54) is 11.1 Å². The largest absolute Gasteiger partial charge is 0.389 e. The van der Waals surface area contributed by atoms with Gasteiger partial charge in [-0.05, 0) is 37.9 Å². The Morgan fingerprint density at radius 2 is 2.18 bits per heavy atom. The van der Waals surface area contributed by atoms with Gasteiger partial charge in [0.05, 0.1) is 5.60 Å². The summed E-state index contributed by atoms with van der Waals surface area (Å²) in [5.41, 5.74) is 2.06. The molecule has 1 heterocycles. The second kappa shape index (κ2) is 5.17. The van der Waals surface area contributed by atoms with Gasteiger partial charge >= 0.3 is 0 Å². The first-order valence-corrected chi connectivity index (χ1v) is 6.30. The molecule has 1 aromatic carbocycles. The molecule has 3 heteroatoms. The van der Waals surface area contributed by atoms with Crippen LogP contribution in [0.1, 0.15) is 37.4 Å². The topological polar surface area (TPSA) is 44.3 Å². The van der Waals surface area contributed by atoms with Crippen LogP contribution in [0.3, 0.4) is 0 Å². The molecule has 1 aromatic rings. The maximum Gasteiger partial charge on any atom is 0.0715 e. The number of hydrogen-bond acceptors (Lipinski definition) is 3. The average molecular weight is 234 g/mol. The van der Waals surface area contributed by atoms with Gasteiger partial charge in [0.1, 0.15) is 0 Å². The van der Waals surface area contributed by atoms with Crippen molar-refractivity contribution < 1.29 is 5.11 Å². The van der Waals surface area contributed by atoms with Crippen molar-refractivity contribution in [1.29, 1.82) is 0 Å².